The van der Waals surface area contributed by atoms with Crippen molar-refractivity contribution in [2.75, 3.05) is 0 Å². The summed E-state index contributed by atoms with van der Waals surface area (Å²) < 4.78 is 1.97. The van der Waals surface area contributed by atoms with Gasteiger partial charge in [0.2, 0.25) is 5.91 Å². The van der Waals surface area contributed by atoms with Crippen LogP contribution in [0.4, 0.5) is 0 Å². The second-order valence-corrected chi connectivity index (χ2v) is 5.92. The molecule has 5 heteroatoms. The number of amides is 1. The van der Waals surface area contributed by atoms with E-state index >= 15 is 0 Å². The van der Waals surface area contributed by atoms with E-state index in [1.54, 1.807) is 24.7 Å². The first-order valence-corrected chi connectivity index (χ1v) is 8.31. The average Bonchev–Trinajstić information content (AvgIpc) is 3.15. The summed E-state index contributed by atoms with van der Waals surface area (Å²) in [7, 11) is 0. The molecule has 0 radical (unpaired) electrons. The predicted octanol–water partition coefficient (Wildman–Crippen LogP) is 3.35. The number of hydrogen-bond acceptors (Lipinski definition) is 3. The minimum absolute atomic E-state index is 0.0581. The monoisotopic (exact) mass is 335 g/mol. The summed E-state index contributed by atoms with van der Waals surface area (Å²) in [6, 6.07) is 15.2. The fourth-order valence-corrected chi connectivity index (χ4v) is 2.60. The Bertz CT molecular complexity index is 794. The lowest BCUT2D eigenvalue weighted by Gasteiger charge is -2.07. The highest BCUT2D eigenvalue weighted by Gasteiger charge is 2.03. The highest BCUT2D eigenvalue weighted by molar-refractivity contribution is 5.75. The first kappa shape index (κ1) is 16.8. The minimum Gasteiger partial charge on any atom is -0.508 e. The third kappa shape index (κ3) is 4.94. The van der Waals surface area contributed by atoms with E-state index < -0.39 is 0 Å². The van der Waals surface area contributed by atoms with Crippen LogP contribution < -0.4 is 5.32 Å². The van der Waals surface area contributed by atoms with Gasteiger partial charge in [0.1, 0.15) is 5.75 Å². The molecular formula is C20H21N3O2. The number of benzene rings is 2. The molecule has 0 saturated heterocycles. The number of aromatic nitrogens is 2. The highest BCUT2D eigenvalue weighted by Crippen LogP contribution is 2.22. The van der Waals surface area contributed by atoms with Crippen LogP contribution in [0.3, 0.4) is 0 Å². The number of hydrogen-bond donors (Lipinski definition) is 2. The molecule has 0 unspecified atom stereocenters. The predicted molar refractivity (Wildman–Crippen MR) is 96.9 cm³/mol. The number of rotatable bonds is 7. The molecule has 0 aliphatic rings. The SMILES string of the molecule is O=C(CCCn1ccnc1)NCc1ccc(-c2ccc(O)cc2)cc1. The Morgan fingerprint density at radius 3 is 2.36 bits per heavy atom. The van der Waals surface area contributed by atoms with Crippen LogP contribution in [0, 0.1) is 0 Å². The van der Waals surface area contributed by atoms with E-state index in [0.29, 0.717) is 13.0 Å². The fraction of sp³-hybridized carbons (Fsp3) is 0.200. The van der Waals surface area contributed by atoms with Crippen molar-refractivity contribution >= 4 is 5.91 Å². The number of nitrogens with zero attached hydrogens (tertiary/aromatic N) is 2. The molecule has 25 heavy (non-hydrogen) atoms. The van der Waals surface area contributed by atoms with E-state index in [0.717, 1.165) is 29.7 Å². The van der Waals surface area contributed by atoms with Crippen LogP contribution in [0.2, 0.25) is 0 Å². The number of nitrogens with one attached hydrogen (secondary N) is 1. The van der Waals surface area contributed by atoms with Crippen molar-refractivity contribution in [2.45, 2.75) is 25.9 Å². The molecule has 3 rings (SSSR count). The van der Waals surface area contributed by atoms with E-state index in [1.165, 1.54) is 0 Å². The van der Waals surface area contributed by atoms with E-state index in [4.69, 9.17) is 0 Å². The smallest absolute Gasteiger partial charge is 0.220 e. The van der Waals surface area contributed by atoms with E-state index in [1.807, 2.05) is 47.2 Å². The van der Waals surface area contributed by atoms with Gasteiger partial charge in [-0.2, -0.15) is 0 Å². The molecule has 0 aliphatic heterocycles. The van der Waals surface area contributed by atoms with Gasteiger partial charge in [-0.25, -0.2) is 4.98 Å². The van der Waals surface area contributed by atoms with Crippen LogP contribution in [-0.2, 0) is 17.9 Å². The molecule has 2 N–H and O–H groups in total. The molecule has 1 heterocycles. The van der Waals surface area contributed by atoms with Crippen molar-refractivity contribution in [1.82, 2.24) is 14.9 Å². The second-order valence-electron chi connectivity index (χ2n) is 5.92. The summed E-state index contributed by atoms with van der Waals surface area (Å²) in [4.78, 5) is 15.9. The first-order chi connectivity index (χ1) is 12.2. The third-order valence-corrected chi connectivity index (χ3v) is 4.02. The molecule has 0 fully saturated rings. The van der Waals surface area contributed by atoms with Gasteiger partial charge in [0.15, 0.2) is 0 Å². The number of aryl methyl sites for hydroxylation is 1. The summed E-state index contributed by atoms with van der Waals surface area (Å²) in [5.74, 6) is 0.318. The van der Waals surface area contributed by atoms with Gasteiger partial charge in [0.05, 0.1) is 6.33 Å². The second kappa shape index (κ2) is 8.15. The van der Waals surface area contributed by atoms with E-state index in [9.17, 15) is 9.90 Å². The summed E-state index contributed by atoms with van der Waals surface area (Å²) in [6.07, 6.45) is 6.69. The zero-order chi connectivity index (χ0) is 17.5. The molecule has 5 nitrogen and oxygen atoms in total. The number of carbonyl (C=O) groups is 1. The lowest BCUT2D eigenvalue weighted by Crippen LogP contribution is -2.22. The molecule has 0 bridgehead atoms. The number of phenolic OH excluding ortho intramolecular Hbond substituents is 1. The molecule has 0 spiro atoms. The molecule has 1 amide bonds. The van der Waals surface area contributed by atoms with Crippen LogP contribution in [0.1, 0.15) is 18.4 Å². The summed E-state index contributed by atoms with van der Waals surface area (Å²) in [5, 5.41) is 12.3. The average molecular weight is 335 g/mol. The number of imidazole rings is 1. The van der Waals surface area contributed by atoms with Gasteiger partial charge >= 0.3 is 0 Å². The van der Waals surface area contributed by atoms with Gasteiger partial charge in [0.25, 0.3) is 0 Å². The topological polar surface area (TPSA) is 67.2 Å². The highest BCUT2D eigenvalue weighted by atomic mass is 16.3. The normalized spacial score (nSPS) is 10.6. The third-order valence-electron chi connectivity index (χ3n) is 4.02. The molecule has 0 atom stereocenters. The van der Waals surface area contributed by atoms with Gasteiger partial charge in [-0.3, -0.25) is 4.79 Å². The van der Waals surface area contributed by atoms with Crippen molar-refractivity contribution in [3.05, 3.63) is 72.8 Å². The Balaban J connectivity index is 1.45. The van der Waals surface area contributed by atoms with Crippen molar-refractivity contribution in [2.24, 2.45) is 0 Å². The quantitative estimate of drug-likeness (QED) is 0.696. The van der Waals surface area contributed by atoms with Gasteiger partial charge < -0.3 is 15.0 Å². The zero-order valence-corrected chi connectivity index (χ0v) is 13.9. The zero-order valence-electron chi connectivity index (χ0n) is 13.9. The minimum atomic E-state index is 0.0581. The number of aromatic hydroxyl groups is 1. The van der Waals surface area contributed by atoms with Gasteiger partial charge in [-0.15, -0.1) is 0 Å². The summed E-state index contributed by atoms with van der Waals surface area (Å²) in [5.41, 5.74) is 3.19. The Morgan fingerprint density at radius 2 is 1.72 bits per heavy atom. The van der Waals surface area contributed by atoms with Crippen molar-refractivity contribution in [3.63, 3.8) is 0 Å². The Labute approximate surface area is 147 Å². The maximum Gasteiger partial charge on any atom is 0.220 e. The molecule has 3 aromatic rings. The maximum absolute atomic E-state index is 11.9. The largest absolute Gasteiger partial charge is 0.508 e. The van der Waals surface area contributed by atoms with Crippen LogP contribution in [0.5, 0.6) is 5.75 Å². The number of carbonyl (C=O) groups excluding carboxylic acids is 1. The lowest BCUT2D eigenvalue weighted by atomic mass is 10.0. The van der Waals surface area contributed by atoms with Gasteiger partial charge in [0, 0.05) is 31.9 Å². The van der Waals surface area contributed by atoms with E-state index in [2.05, 4.69) is 10.3 Å². The standard InChI is InChI=1S/C20H21N3O2/c24-19-9-7-18(8-10-19)17-5-3-16(4-6-17)14-22-20(25)2-1-12-23-13-11-21-15-23/h3-11,13,15,24H,1-2,12,14H2,(H,22,25). The van der Waals surface area contributed by atoms with Gasteiger partial charge in [-0.1, -0.05) is 36.4 Å². The van der Waals surface area contributed by atoms with Crippen LogP contribution in [0.25, 0.3) is 11.1 Å². The van der Waals surface area contributed by atoms with Crippen LogP contribution in [0.15, 0.2) is 67.3 Å². The molecule has 0 saturated carbocycles. The fourth-order valence-electron chi connectivity index (χ4n) is 2.60. The summed E-state index contributed by atoms with van der Waals surface area (Å²) >= 11 is 0. The lowest BCUT2D eigenvalue weighted by molar-refractivity contribution is -0.121. The Hall–Kier alpha value is -3.08. The molecule has 1 aromatic heterocycles. The summed E-state index contributed by atoms with van der Waals surface area (Å²) in [6.45, 7) is 1.33. The van der Waals surface area contributed by atoms with Crippen molar-refractivity contribution < 1.29 is 9.90 Å². The maximum atomic E-state index is 11.9. The van der Waals surface area contributed by atoms with E-state index in [-0.39, 0.29) is 11.7 Å². The van der Waals surface area contributed by atoms with Crippen molar-refractivity contribution in [3.8, 4) is 16.9 Å². The van der Waals surface area contributed by atoms with Crippen LogP contribution in [-0.4, -0.2) is 20.6 Å². The Morgan fingerprint density at radius 1 is 1.04 bits per heavy atom. The van der Waals surface area contributed by atoms with Crippen molar-refractivity contribution in [1.29, 1.82) is 0 Å². The molecule has 0 aliphatic carbocycles. The molecule has 2 aromatic carbocycles. The number of phenols is 1. The first-order valence-electron chi connectivity index (χ1n) is 8.31. The van der Waals surface area contributed by atoms with Crippen LogP contribution >= 0.6 is 0 Å². The molecule has 128 valence electrons. The van der Waals surface area contributed by atoms with Gasteiger partial charge in [-0.05, 0) is 35.2 Å². The molecular weight excluding hydrogens is 314 g/mol. The Kier molecular flexibility index (Phi) is 5.46.